The summed E-state index contributed by atoms with van der Waals surface area (Å²) < 4.78 is 50.9. The van der Waals surface area contributed by atoms with Crippen molar-refractivity contribution in [2.24, 2.45) is 11.7 Å². The van der Waals surface area contributed by atoms with Crippen LogP contribution in [0.15, 0.2) is 18.2 Å². The van der Waals surface area contributed by atoms with Crippen molar-refractivity contribution >= 4 is 0 Å². The minimum atomic E-state index is -4.69. The van der Waals surface area contributed by atoms with Gasteiger partial charge < -0.3 is 5.73 Å². The molecular formula is C14H19F4N. The second-order valence-electron chi connectivity index (χ2n) is 4.97. The summed E-state index contributed by atoms with van der Waals surface area (Å²) in [5.74, 6) is -0.926. The van der Waals surface area contributed by atoms with Crippen LogP contribution < -0.4 is 5.73 Å². The van der Waals surface area contributed by atoms with Crippen LogP contribution in [0.4, 0.5) is 17.6 Å². The minimum absolute atomic E-state index is 0.330. The molecule has 19 heavy (non-hydrogen) atoms. The number of rotatable bonds is 5. The molecule has 0 aromatic heterocycles. The molecule has 0 saturated carbocycles. The molecule has 0 heterocycles. The molecule has 2 atom stereocenters. The number of hydrogen-bond donors (Lipinski definition) is 1. The lowest BCUT2D eigenvalue weighted by atomic mass is 9.93. The van der Waals surface area contributed by atoms with Crippen LogP contribution >= 0.6 is 0 Å². The number of alkyl halides is 3. The highest BCUT2D eigenvalue weighted by molar-refractivity contribution is 5.29. The van der Waals surface area contributed by atoms with Crippen molar-refractivity contribution in [3.63, 3.8) is 0 Å². The van der Waals surface area contributed by atoms with Crippen molar-refractivity contribution in [1.29, 1.82) is 0 Å². The van der Waals surface area contributed by atoms with Gasteiger partial charge in [-0.2, -0.15) is 13.2 Å². The zero-order valence-corrected chi connectivity index (χ0v) is 11.1. The predicted octanol–water partition coefficient (Wildman–Crippen LogP) is 4.67. The zero-order chi connectivity index (χ0) is 14.6. The lowest BCUT2D eigenvalue weighted by molar-refractivity contribution is -0.140. The van der Waals surface area contributed by atoms with E-state index in [9.17, 15) is 17.6 Å². The summed E-state index contributed by atoms with van der Waals surface area (Å²) in [6.45, 7) is 4.05. The van der Waals surface area contributed by atoms with Crippen LogP contribution in [0.2, 0.25) is 0 Å². The molecule has 1 nitrogen and oxygen atoms in total. The SMILES string of the molecule is CCCC(C)CC(N)c1ccc(F)c(C(F)(F)F)c1. The summed E-state index contributed by atoms with van der Waals surface area (Å²) in [6.07, 6.45) is -2.11. The Balaban J connectivity index is 2.90. The molecule has 1 rings (SSSR count). The first-order valence-electron chi connectivity index (χ1n) is 6.38. The number of nitrogens with two attached hydrogens (primary N) is 1. The van der Waals surface area contributed by atoms with Gasteiger partial charge in [0.2, 0.25) is 0 Å². The molecule has 1 aromatic carbocycles. The van der Waals surface area contributed by atoms with Crippen LogP contribution in [0.5, 0.6) is 0 Å². The van der Waals surface area contributed by atoms with Crippen molar-refractivity contribution in [3.8, 4) is 0 Å². The fourth-order valence-electron chi connectivity index (χ4n) is 2.17. The zero-order valence-electron chi connectivity index (χ0n) is 11.1. The van der Waals surface area contributed by atoms with Gasteiger partial charge >= 0.3 is 6.18 Å². The molecule has 0 spiro atoms. The molecule has 0 saturated heterocycles. The summed E-state index contributed by atoms with van der Waals surface area (Å²) >= 11 is 0. The lowest BCUT2D eigenvalue weighted by Crippen LogP contribution is -2.16. The third-order valence-electron chi connectivity index (χ3n) is 3.16. The van der Waals surface area contributed by atoms with Crippen LogP contribution in [0.1, 0.15) is 50.3 Å². The molecule has 0 aliphatic heterocycles. The molecule has 0 amide bonds. The third-order valence-corrected chi connectivity index (χ3v) is 3.16. The Morgan fingerprint density at radius 3 is 2.42 bits per heavy atom. The maximum Gasteiger partial charge on any atom is 0.419 e. The van der Waals surface area contributed by atoms with E-state index in [2.05, 4.69) is 0 Å². The Hall–Kier alpha value is -1.10. The van der Waals surface area contributed by atoms with Gasteiger partial charge in [-0.3, -0.25) is 0 Å². The number of benzene rings is 1. The summed E-state index contributed by atoms with van der Waals surface area (Å²) in [5.41, 5.74) is 4.98. The molecule has 0 aliphatic carbocycles. The Morgan fingerprint density at radius 2 is 1.89 bits per heavy atom. The predicted molar refractivity (Wildman–Crippen MR) is 67.0 cm³/mol. The molecule has 2 N–H and O–H groups in total. The van der Waals surface area contributed by atoms with Crippen LogP contribution in [0.3, 0.4) is 0 Å². The normalized spacial score (nSPS) is 15.3. The van der Waals surface area contributed by atoms with Crippen molar-refractivity contribution in [2.75, 3.05) is 0 Å². The quantitative estimate of drug-likeness (QED) is 0.777. The van der Waals surface area contributed by atoms with Crippen LogP contribution in [0.25, 0.3) is 0 Å². The average molecular weight is 277 g/mol. The van der Waals surface area contributed by atoms with E-state index in [-0.39, 0.29) is 0 Å². The lowest BCUT2D eigenvalue weighted by Gasteiger charge is -2.18. The van der Waals surface area contributed by atoms with Gasteiger partial charge in [0, 0.05) is 6.04 Å². The van der Waals surface area contributed by atoms with E-state index in [0.29, 0.717) is 17.9 Å². The highest BCUT2D eigenvalue weighted by Gasteiger charge is 2.34. The summed E-state index contributed by atoms with van der Waals surface area (Å²) in [5, 5.41) is 0. The van der Waals surface area contributed by atoms with Gasteiger partial charge in [-0.25, -0.2) is 4.39 Å². The fraction of sp³-hybridized carbons (Fsp3) is 0.571. The maximum atomic E-state index is 13.2. The second-order valence-corrected chi connectivity index (χ2v) is 4.97. The Bertz CT molecular complexity index is 414. The third kappa shape index (κ3) is 4.49. The Morgan fingerprint density at radius 1 is 1.26 bits per heavy atom. The first-order valence-corrected chi connectivity index (χ1v) is 6.38. The maximum absolute atomic E-state index is 13.2. The first-order chi connectivity index (χ1) is 8.75. The number of hydrogen-bond acceptors (Lipinski definition) is 1. The molecule has 0 fully saturated rings. The van der Waals surface area contributed by atoms with Gasteiger partial charge in [-0.05, 0) is 30.0 Å². The Kier molecular flexibility index (Phi) is 5.35. The van der Waals surface area contributed by atoms with Gasteiger partial charge in [0.25, 0.3) is 0 Å². The van der Waals surface area contributed by atoms with E-state index in [4.69, 9.17) is 5.73 Å². The highest BCUT2D eigenvalue weighted by atomic mass is 19.4. The molecule has 1 aromatic rings. The average Bonchev–Trinajstić information content (AvgIpc) is 2.27. The van der Waals surface area contributed by atoms with Crippen molar-refractivity contribution in [2.45, 2.75) is 45.3 Å². The second kappa shape index (κ2) is 6.37. The van der Waals surface area contributed by atoms with Gasteiger partial charge in [-0.1, -0.05) is 32.8 Å². The fourth-order valence-corrected chi connectivity index (χ4v) is 2.17. The molecule has 0 aliphatic rings. The topological polar surface area (TPSA) is 26.0 Å². The molecular weight excluding hydrogens is 258 g/mol. The molecule has 2 unspecified atom stereocenters. The molecule has 108 valence electrons. The van der Waals surface area contributed by atoms with E-state index < -0.39 is 23.6 Å². The highest BCUT2D eigenvalue weighted by Crippen LogP contribution is 2.33. The monoisotopic (exact) mass is 277 g/mol. The van der Waals surface area contributed by atoms with Crippen LogP contribution in [0, 0.1) is 11.7 Å². The van der Waals surface area contributed by atoms with E-state index in [1.807, 2.05) is 13.8 Å². The van der Waals surface area contributed by atoms with E-state index in [1.165, 1.54) is 6.07 Å². The minimum Gasteiger partial charge on any atom is -0.324 e. The van der Waals surface area contributed by atoms with E-state index >= 15 is 0 Å². The van der Waals surface area contributed by atoms with E-state index in [1.54, 1.807) is 0 Å². The van der Waals surface area contributed by atoms with Crippen LogP contribution in [-0.2, 0) is 6.18 Å². The first kappa shape index (κ1) is 16.0. The van der Waals surface area contributed by atoms with Gasteiger partial charge in [0.1, 0.15) is 5.82 Å². The van der Waals surface area contributed by atoms with Crippen molar-refractivity contribution < 1.29 is 17.6 Å². The number of halogens is 4. The van der Waals surface area contributed by atoms with Gasteiger partial charge in [-0.15, -0.1) is 0 Å². The van der Waals surface area contributed by atoms with E-state index in [0.717, 1.165) is 25.0 Å². The van der Waals surface area contributed by atoms with Crippen molar-refractivity contribution in [3.05, 3.63) is 35.1 Å². The molecule has 0 bridgehead atoms. The van der Waals surface area contributed by atoms with Gasteiger partial charge in [0.05, 0.1) is 5.56 Å². The van der Waals surface area contributed by atoms with Crippen LogP contribution in [-0.4, -0.2) is 0 Å². The van der Waals surface area contributed by atoms with Gasteiger partial charge in [0.15, 0.2) is 0 Å². The summed E-state index contributed by atoms with van der Waals surface area (Å²) in [6, 6.07) is 2.48. The van der Waals surface area contributed by atoms with Crippen molar-refractivity contribution in [1.82, 2.24) is 0 Å². The smallest absolute Gasteiger partial charge is 0.324 e. The molecule has 5 heteroatoms. The summed E-state index contributed by atoms with van der Waals surface area (Å²) in [4.78, 5) is 0. The largest absolute Gasteiger partial charge is 0.419 e. The summed E-state index contributed by atoms with van der Waals surface area (Å²) in [7, 11) is 0. The Labute approximate surface area is 110 Å². The molecule has 0 radical (unpaired) electrons. The standard InChI is InChI=1S/C14H19F4N/c1-3-4-9(2)7-13(19)10-5-6-12(15)11(8-10)14(16,17)18/h5-6,8-9,13H,3-4,7,19H2,1-2H3.